The van der Waals surface area contributed by atoms with Crippen molar-refractivity contribution >= 4 is 41.1 Å². The minimum Gasteiger partial charge on any atom is -0.481 e. The molecule has 5 aromatic rings. The number of amides is 5. The molecule has 0 saturated heterocycles. The predicted molar refractivity (Wildman–Crippen MR) is 250 cm³/mol. The molecule has 3 heterocycles. The van der Waals surface area contributed by atoms with Crippen LogP contribution in [0.25, 0.3) is 0 Å². The van der Waals surface area contributed by atoms with Crippen LogP contribution < -0.4 is 36.1 Å². The van der Waals surface area contributed by atoms with Gasteiger partial charge in [-0.1, -0.05) is 55.0 Å². The quantitative estimate of drug-likeness (QED) is 0.0326. The summed E-state index contributed by atoms with van der Waals surface area (Å²) in [4.78, 5) is 75.9. The van der Waals surface area contributed by atoms with E-state index in [1.54, 1.807) is 54.9 Å². The highest BCUT2D eigenvalue weighted by atomic mass is 16.7. The molecule has 0 radical (unpaired) electrons. The van der Waals surface area contributed by atoms with Crippen LogP contribution in [0.3, 0.4) is 0 Å². The van der Waals surface area contributed by atoms with Crippen LogP contribution in [0, 0.1) is 6.92 Å². The molecule has 6 N–H and O–H groups in total. The van der Waals surface area contributed by atoms with Gasteiger partial charge >= 0.3 is 12.0 Å². The summed E-state index contributed by atoms with van der Waals surface area (Å²) < 4.78 is 10.9. The number of para-hydroxylation sites is 1. The first-order valence-corrected chi connectivity index (χ1v) is 22.3. The fourth-order valence-corrected chi connectivity index (χ4v) is 7.48. The SMILES string of the molecule is Cc1ccccc1NC(=O)Nc1ccc(CC(=O)N[C@@H](CCCCNC(=O)CCCCCN(Cc2ccccn2)Cc2ccccn2)C(=O)N[C@@H](CC(=O)O)c2ccc3c(c2)OCO3)cc1. The molecule has 0 bridgehead atoms. The van der Waals surface area contributed by atoms with Gasteiger partial charge in [0.05, 0.1) is 30.3 Å². The molecule has 1 aliphatic rings. The van der Waals surface area contributed by atoms with Gasteiger partial charge in [0.15, 0.2) is 11.5 Å². The lowest BCUT2D eigenvalue weighted by Crippen LogP contribution is -2.48. The number of aliphatic carboxylic acids is 1. The number of rotatable bonds is 25. The van der Waals surface area contributed by atoms with Crippen molar-refractivity contribution in [2.45, 2.75) is 89.9 Å². The van der Waals surface area contributed by atoms with Crippen LogP contribution in [-0.4, -0.2) is 75.6 Å². The number of anilines is 2. The number of nitrogens with one attached hydrogen (secondary N) is 5. The van der Waals surface area contributed by atoms with Gasteiger partial charge < -0.3 is 41.2 Å². The van der Waals surface area contributed by atoms with Crippen molar-refractivity contribution in [1.82, 2.24) is 30.8 Å². The van der Waals surface area contributed by atoms with Crippen molar-refractivity contribution < 1.29 is 38.6 Å². The number of urea groups is 1. The summed E-state index contributed by atoms with van der Waals surface area (Å²) in [7, 11) is 0. The van der Waals surface area contributed by atoms with Gasteiger partial charge in [-0.25, -0.2) is 4.79 Å². The second-order valence-electron chi connectivity index (χ2n) is 16.2. The lowest BCUT2D eigenvalue weighted by molar-refractivity contribution is -0.138. The van der Waals surface area contributed by atoms with Crippen molar-refractivity contribution in [1.29, 1.82) is 0 Å². The second-order valence-corrected chi connectivity index (χ2v) is 16.2. The smallest absolute Gasteiger partial charge is 0.323 e. The van der Waals surface area contributed by atoms with E-state index >= 15 is 0 Å². The number of hydrogen-bond acceptors (Lipinski definition) is 10. The van der Waals surface area contributed by atoms with Crippen LogP contribution >= 0.6 is 0 Å². The van der Waals surface area contributed by atoms with Crippen LogP contribution in [0.2, 0.25) is 0 Å². The number of carbonyl (C=O) groups is 5. The summed E-state index contributed by atoms with van der Waals surface area (Å²) in [6, 6.07) is 28.7. The summed E-state index contributed by atoms with van der Waals surface area (Å²) >= 11 is 0. The average Bonchev–Trinajstić information content (AvgIpc) is 3.78. The molecule has 1 aliphatic heterocycles. The number of aromatic nitrogens is 2. The Morgan fingerprint density at radius 2 is 1.44 bits per heavy atom. The summed E-state index contributed by atoms with van der Waals surface area (Å²) in [5.41, 5.74) is 5.27. The molecule has 3 aromatic carbocycles. The van der Waals surface area contributed by atoms with E-state index in [0.29, 0.717) is 72.9 Å². The molecule has 0 saturated carbocycles. The first-order chi connectivity index (χ1) is 32.1. The number of fused-ring (bicyclic) bond motifs is 1. The molecule has 16 nitrogen and oxygen atoms in total. The summed E-state index contributed by atoms with van der Waals surface area (Å²) in [6.07, 6.45) is 7.34. The lowest BCUT2D eigenvalue weighted by atomic mass is 10.0. The standard InChI is InChI=1S/C50H58N8O8/c1-35-13-4-5-16-41(35)57-50(64)54-38-22-19-36(20-23-38)29-47(60)55-42(49(63)56-43(31-48(61)62)37-21-24-44-45(30-37)66-34-65-44)17-8-11-27-53-46(59)18-3-2-12-28-58(32-39-14-6-9-25-51-39)33-40-15-7-10-26-52-40/h4-7,9-10,13-16,19-26,30,42-43H,2-3,8,11-12,17-18,27-29,31-34H2,1H3,(H,53,59)(H,55,60)(H,56,63)(H,61,62)(H2,54,57,64)/t42-,43-/m0/s1. The van der Waals surface area contributed by atoms with Crippen molar-refractivity contribution in [2.24, 2.45) is 0 Å². The van der Waals surface area contributed by atoms with Crippen LogP contribution in [0.1, 0.15) is 85.5 Å². The van der Waals surface area contributed by atoms with Gasteiger partial charge in [0.2, 0.25) is 24.5 Å². The minimum absolute atomic E-state index is 0.0341. The molecule has 0 fully saturated rings. The Morgan fingerprint density at radius 1 is 0.727 bits per heavy atom. The first-order valence-electron chi connectivity index (χ1n) is 22.3. The minimum atomic E-state index is -1.12. The topological polar surface area (TPSA) is 213 Å². The molecule has 0 aliphatic carbocycles. The molecular formula is C50H58N8O8. The molecule has 2 atom stereocenters. The Bertz CT molecular complexity index is 2330. The Hall–Kier alpha value is -7.33. The number of aryl methyl sites for hydroxylation is 1. The lowest BCUT2D eigenvalue weighted by Gasteiger charge is -2.23. The van der Waals surface area contributed by atoms with E-state index in [1.807, 2.05) is 67.6 Å². The Morgan fingerprint density at radius 3 is 2.14 bits per heavy atom. The maximum atomic E-state index is 13.9. The number of hydrogen-bond donors (Lipinski definition) is 6. The maximum absolute atomic E-state index is 13.9. The van der Waals surface area contributed by atoms with Crippen LogP contribution in [0.4, 0.5) is 16.2 Å². The van der Waals surface area contributed by atoms with Gasteiger partial charge in [-0.3, -0.25) is 34.0 Å². The molecule has 346 valence electrons. The van der Waals surface area contributed by atoms with Gasteiger partial charge in [0.25, 0.3) is 0 Å². The zero-order valence-corrected chi connectivity index (χ0v) is 37.2. The third-order valence-corrected chi connectivity index (χ3v) is 11.0. The molecule has 0 spiro atoms. The van der Waals surface area contributed by atoms with Crippen LogP contribution in [0.15, 0.2) is 116 Å². The molecule has 66 heavy (non-hydrogen) atoms. The molecular weight excluding hydrogens is 841 g/mol. The van der Waals surface area contributed by atoms with Crippen LogP contribution in [-0.2, 0) is 38.7 Å². The monoisotopic (exact) mass is 898 g/mol. The summed E-state index contributed by atoms with van der Waals surface area (Å²) in [5.74, 6) is -1.18. The van der Waals surface area contributed by atoms with E-state index in [-0.39, 0.29) is 25.5 Å². The number of nitrogens with zero attached hydrogens (tertiary/aromatic N) is 3. The van der Waals surface area contributed by atoms with Gasteiger partial charge in [0.1, 0.15) is 6.04 Å². The van der Waals surface area contributed by atoms with E-state index in [1.165, 1.54) is 0 Å². The fourth-order valence-electron chi connectivity index (χ4n) is 7.48. The van der Waals surface area contributed by atoms with Gasteiger partial charge in [0, 0.05) is 49.8 Å². The molecule has 6 rings (SSSR count). The Kier molecular flexibility index (Phi) is 18.4. The zero-order valence-electron chi connectivity index (χ0n) is 37.2. The van der Waals surface area contributed by atoms with Crippen LogP contribution in [0.5, 0.6) is 11.5 Å². The van der Waals surface area contributed by atoms with E-state index in [2.05, 4.69) is 41.5 Å². The number of pyridine rings is 2. The number of benzene rings is 3. The van der Waals surface area contributed by atoms with Crippen molar-refractivity contribution in [2.75, 3.05) is 30.5 Å². The highest BCUT2D eigenvalue weighted by Crippen LogP contribution is 2.35. The van der Waals surface area contributed by atoms with E-state index < -0.39 is 42.3 Å². The Balaban J connectivity index is 0.978. The number of carboxylic acid groups (broad SMARTS) is 1. The second kappa shape index (κ2) is 25.2. The molecule has 5 amide bonds. The summed E-state index contributed by atoms with van der Waals surface area (Å²) in [5, 5.41) is 24.0. The van der Waals surface area contributed by atoms with Gasteiger partial charge in [-0.05, 0) is 117 Å². The van der Waals surface area contributed by atoms with Crippen molar-refractivity contribution in [3.8, 4) is 11.5 Å². The average molecular weight is 899 g/mol. The number of unbranched alkanes of at least 4 members (excludes halogenated alkanes) is 3. The molecule has 0 unspecified atom stereocenters. The zero-order chi connectivity index (χ0) is 46.5. The normalized spacial score (nSPS) is 12.5. The van der Waals surface area contributed by atoms with Crippen molar-refractivity contribution in [3.05, 3.63) is 144 Å². The molecule has 16 heteroatoms. The number of ether oxygens (including phenoxy) is 2. The highest BCUT2D eigenvalue weighted by molar-refractivity contribution is 6.00. The Labute approximate surface area is 384 Å². The summed E-state index contributed by atoms with van der Waals surface area (Å²) in [6.45, 7) is 4.58. The number of carbonyl (C=O) groups excluding carboxylic acids is 4. The number of carboxylic acids is 1. The third kappa shape index (κ3) is 16.0. The van der Waals surface area contributed by atoms with Gasteiger partial charge in [-0.15, -0.1) is 0 Å². The van der Waals surface area contributed by atoms with Gasteiger partial charge in [-0.2, -0.15) is 0 Å². The fraction of sp³-hybridized carbons (Fsp3) is 0.340. The molecule has 2 aromatic heterocycles. The van der Waals surface area contributed by atoms with E-state index in [0.717, 1.165) is 42.8 Å². The largest absolute Gasteiger partial charge is 0.481 e. The maximum Gasteiger partial charge on any atom is 0.323 e. The predicted octanol–water partition coefficient (Wildman–Crippen LogP) is 7.07. The van der Waals surface area contributed by atoms with E-state index in [9.17, 15) is 29.1 Å². The highest BCUT2D eigenvalue weighted by Gasteiger charge is 2.27. The van der Waals surface area contributed by atoms with Crippen molar-refractivity contribution in [3.63, 3.8) is 0 Å². The first kappa shape index (κ1) is 48.1. The van der Waals surface area contributed by atoms with E-state index in [4.69, 9.17) is 9.47 Å². The third-order valence-electron chi connectivity index (χ3n) is 11.0.